The molecule has 0 N–H and O–H groups in total. The number of pyridine rings is 1. The van der Waals surface area contributed by atoms with E-state index in [1.165, 1.54) is 288 Å². The third-order valence-corrected chi connectivity index (χ3v) is 16.6. The van der Waals surface area contributed by atoms with Crippen LogP contribution in [0, 0.1) is 10.1 Å². The highest BCUT2D eigenvalue weighted by Crippen LogP contribution is 2.40. The molecule has 3 rings (SSSR count). The first-order valence-electron chi connectivity index (χ1n) is 34.9. The van der Waals surface area contributed by atoms with Crippen LogP contribution in [0.4, 0.5) is 5.69 Å². The fourth-order valence-electron chi connectivity index (χ4n) is 11.3. The summed E-state index contributed by atoms with van der Waals surface area (Å²) in [6.07, 6.45) is 66.5. The van der Waals surface area contributed by atoms with E-state index in [0.29, 0.717) is 48.2 Å². The second-order valence-corrected chi connectivity index (χ2v) is 24.2. The van der Waals surface area contributed by atoms with Crippen LogP contribution in [0.25, 0.3) is 11.1 Å². The van der Waals surface area contributed by atoms with Crippen molar-refractivity contribution in [3.8, 4) is 28.4 Å². The molecule has 0 atom stereocenters. The maximum atomic E-state index is 13.6. The Balaban J connectivity index is 1.59. The van der Waals surface area contributed by atoms with Gasteiger partial charge in [0.1, 0.15) is 6.61 Å². The standard InChI is InChI=1S/C73H122N2O7/c1-4-7-10-13-16-19-22-25-28-31-34-37-40-43-46-49-55-79-70-58-65(64-82-73(76)68-60-67(62-74-63-68)66-53-52-54-69(61-66)75(77)78)59-71(80-56-50-47-44-41-38-35-32-29-26-23-20-17-14-11-8-5-2)72(70)81-57-51-48-45-42-39-36-33-30-27-24-21-18-15-12-9-6-3/h52-54,58-63H,4-51,55-57,64H2,1-3H3. The number of hydrogen-bond donors (Lipinski definition) is 0. The summed E-state index contributed by atoms with van der Waals surface area (Å²) in [4.78, 5) is 29.0. The minimum Gasteiger partial charge on any atom is -0.490 e. The Hall–Kier alpha value is -4.14. The highest BCUT2D eigenvalue weighted by atomic mass is 16.6. The molecule has 0 fully saturated rings. The van der Waals surface area contributed by atoms with E-state index in [-0.39, 0.29) is 17.9 Å². The number of non-ortho nitro benzene ring substituents is 1. The number of nitro groups is 1. The van der Waals surface area contributed by atoms with Gasteiger partial charge < -0.3 is 18.9 Å². The largest absolute Gasteiger partial charge is 0.490 e. The molecule has 0 bridgehead atoms. The number of rotatable bonds is 59. The molecular formula is C73H122N2O7. The number of benzene rings is 2. The van der Waals surface area contributed by atoms with Crippen LogP contribution >= 0.6 is 0 Å². The van der Waals surface area contributed by atoms with Crippen molar-refractivity contribution in [1.82, 2.24) is 4.98 Å². The van der Waals surface area contributed by atoms with E-state index in [4.69, 9.17) is 18.9 Å². The third-order valence-electron chi connectivity index (χ3n) is 16.6. The van der Waals surface area contributed by atoms with Crippen molar-refractivity contribution < 1.29 is 28.7 Å². The zero-order valence-corrected chi connectivity index (χ0v) is 53.2. The van der Waals surface area contributed by atoms with Crippen molar-refractivity contribution in [2.45, 2.75) is 336 Å². The molecule has 0 saturated carbocycles. The summed E-state index contributed by atoms with van der Waals surface area (Å²) in [6.45, 7) is 8.61. The highest BCUT2D eigenvalue weighted by Gasteiger charge is 2.19. The molecule has 82 heavy (non-hydrogen) atoms. The van der Waals surface area contributed by atoms with Crippen molar-refractivity contribution in [3.63, 3.8) is 0 Å². The Labute approximate surface area is 502 Å². The minimum absolute atomic E-state index is 0.00406. The molecule has 9 heteroatoms. The number of carbonyl (C=O) groups is 1. The van der Waals surface area contributed by atoms with Crippen LogP contribution in [0.1, 0.15) is 345 Å². The predicted octanol–water partition coefficient (Wildman–Crippen LogP) is 23.9. The molecule has 2 aromatic carbocycles. The van der Waals surface area contributed by atoms with Gasteiger partial charge in [0.15, 0.2) is 11.5 Å². The molecule has 0 radical (unpaired) electrons. The summed E-state index contributed by atoms with van der Waals surface area (Å²) in [5.74, 6) is 1.40. The van der Waals surface area contributed by atoms with Gasteiger partial charge in [0.2, 0.25) is 5.75 Å². The van der Waals surface area contributed by atoms with Gasteiger partial charge in [0, 0.05) is 30.1 Å². The SMILES string of the molecule is CCCCCCCCCCCCCCCCCCOc1cc(COC(=O)c2cncc(-c3cccc([N+](=O)[O-])c3)c2)cc(OCCCCCCCCCCCCCCCCCC)c1OCCCCCCCCCCCCCCCCCC. The van der Waals surface area contributed by atoms with E-state index in [2.05, 4.69) is 25.8 Å². The molecule has 0 amide bonds. The summed E-state index contributed by atoms with van der Waals surface area (Å²) < 4.78 is 25.9. The Bertz CT molecular complexity index is 1910. The first-order valence-corrected chi connectivity index (χ1v) is 34.9. The Kier molecular flexibility index (Phi) is 46.1. The lowest BCUT2D eigenvalue weighted by Gasteiger charge is -2.19. The van der Waals surface area contributed by atoms with Gasteiger partial charge in [0.05, 0.1) is 30.3 Å². The van der Waals surface area contributed by atoms with Crippen molar-refractivity contribution in [2.75, 3.05) is 19.8 Å². The lowest BCUT2D eigenvalue weighted by atomic mass is 10.0. The molecule has 0 aliphatic rings. The van der Waals surface area contributed by atoms with Gasteiger partial charge >= 0.3 is 5.97 Å². The summed E-state index contributed by atoms with van der Waals surface area (Å²) >= 11 is 0. The molecule has 0 unspecified atom stereocenters. The average molecular weight is 1140 g/mol. The first kappa shape index (κ1) is 72.1. The number of carbonyl (C=O) groups excluding carboxylic acids is 1. The first-order chi connectivity index (χ1) is 40.5. The van der Waals surface area contributed by atoms with E-state index in [1.807, 2.05) is 12.1 Å². The van der Waals surface area contributed by atoms with Crippen molar-refractivity contribution in [2.24, 2.45) is 0 Å². The lowest BCUT2D eigenvalue weighted by Crippen LogP contribution is -2.09. The Morgan fingerprint density at radius 2 is 0.732 bits per heavy atom. The Morgan fingerprint density at radius 3 is 1.07 bits per heavy atom. The molecule has 0 aliphatic heterocycles. The summed E-state index contributed by atoms with van der Waals surface area (Å²) in [7, 11) is 0. The lowest BCUT2D eigenvalue weighted by molar-refractivity contribution is -0.384. The van der Waals surface area contributed by atoms with Gasteiger partial charge in [-0.15, -0.1) is 0 Å². The molecular weight excluding hydrogens is 1020 g/mol. The highest BCUT2D eigenvalue weighted by molar-refractivity contribution is 5.90. The van der Waals surface area contributed by atoms with Crippen LogP contribution in [-0.4, -0.2) is 35.7 Å². The molecule has 0 aliphatic carbocycles. The van der Waals surface area contributed by atoms with Crippen LogP contribution in [0.3, 0.4) is 0 Å². The maximum Gasteiger partial charge on any atom is 0.340 e. The number of unbranched alkanes of at least 4 members (excludes halogenated alkanes) is 45. The average Bonchev–Trinajstić information content (AvgIpc) is 3.67. The number of esters is 1. The molecule has 9 nitrogen and oxygen atoms in total. The fourth-order valence-corrected chi connectivity index (χ4v) is 11.3. The topological polar surface area (TPSA) is 110 Å². The summed E-state index contributed by atoms with van der Waals surface area (Å²) in [5, 5.41) is 11.5. The summed E-state index contributed by atoms with van der Waals surface area (Å²) in [5.41, 5.74) is 2.20. The van der Waals surface area contributed by atoms with E-state index < -0.39 is 10.9 Å². The third kappa shape index (κ3) is 37.9. The molecule has 1 aromatic heterocycles. The van der Waals surface area contributed by atoms with Crippen LogP contribution in [-0.2, 0) is 11.3 Å². The second-order valence-electron chi connectivity index (χ2n) is 24.2. The molecule has 0 saturated heterocycles. The smallest absolute Gasteiger partial charge is 0.340 e. The van der Waals surface area contributed by atoms with Gasteiger partial charge in [-0.2, -0.15) is 0 Å². The van der Waals surface area contributed by atoms with Crippen LogP contribution in [0.5, 0.6) is 17.2 Å². The monoisotopic (exact) mass is 1140 g/mol. The second kappa shape index (κ2) is 52.4. The molecule has 0 spiro atoms. The normalized spacial score (nSPS) is 11.4. The number of nitrogens with zero attached hydrogens (tertiary/aromatic N) is 2. The van der Waals surface area contributed by atoms with E-state index >= 15 is 0 Å². The van der Waals surface area contributed by atoms with E-state index in [0.717, 1.165) is 44.1 Å². The van der Waals surface area contributed by atoms with Crippen molar-refractivity contribution in [3.05, 3.63) is 76.1 Å². The van der Waals surface area contributed by atoms with Gasteiger partial charge in [-0.05, 0) is 48.6 Å². The quantitative estimate of drug-likeness (QED) is 0.0238. The Morgan fingerprint density at radius 1 is 0.402 bits per heavy atom. The van der Waals surface area contributed by atoms with Crippen LogP contribution in [0.15, 0.2) is 54.9 Å². The van der Waals surface area contributed by atoms with Gasteiger partial charge in [-0.25, -0.2) is 4.79 Å². The van der Waals surface area contributed by atoms with Crippen molar-refractivity contribution in [1.29, 1.82) is 0 Å². The van der Waals surface area contributed by atoms with E-state index in [9.17, 15) is 14.9 Å². The minimum atomic E-state index is -0.533. The number of ether oxygens (including phenoxy) is 4. The summed E-state index contributed by atoms with van der Waals surface area (Å²) in [6, 6.07) is 11.9. The number of nitro benzene ring substituents is 1. The zero-order valence-electron chi connectivity index (χ0n) is 53.2. The zero-order chi connectivity index (χ0) is 58.4. The van der Waals surface area contributed by atoms with Gasteiger partial charge in [-0.1, -0.05) is 322 Å². The number of hydrogen-bond acceptors (Lipinski definition) is 8. The fraction of sp³-hybridized carbons (Fsp3) is 0.753. The van der Waals surface area contributed by atoms with Crippen LogP contribution < -0.4 is 14.2 Å². The molecule has 3 aromatic rings. The van der Waals surface area contributed by atoms with Gasteiger partial charge in [-0.3, -0.25) is 15.1 Å². The molecule has 1 heterocycles. The van der Waals surface area contributed by atoms with Crippen molar-refractivity contribution >= 4 is 11.7 Å². The van der Waals surface area contributed by atoms with Gasteiger partial charge in [0.25, 0.3) is 5.69 Å². The molecule has 466 valence electrons. The maximum absolute atomic E-state index is 13.6. The predicted molar refractivity (Wildman–Crippen MR) is 347 cm³/mol. The number of aromatic nitrogens is 1. The van der Waals surface area contributed by atoms with Crippen LogP contribution in [0.2, 0.25) is 0 Å². The van der Waals surface area contributed by atoms with E-state index in [1.54, 1.807) is 24.4 Å².